The summed E-state index contributed by atoms with van der Waals surface area (Å²) in [6.45, 7) is 3.99. The zero-order valence-electron chi connectivity index (χ0n) is 18.5. The Morgan fingerprint density at radius 2 is 1.88 bits per heavy atom. The van der Waals surface area contributed by atoms with E-state index in [1.807, 2.05) is 6.07 Å². The number of halogens is 3. The topological polar surface area (TPSA) is 76.3 Å². The Morgan fingerprint density at radius 1 is 1.12 bits per heavy atom. The Balaban J connectivity index is 1.58. The van der Waals surface area contributed by atoms with Crippen molar-refractivity contribution in [3.05, 3.63) is 65.9 Å². The average Bonchev–Trinajstić information content (AvgIpc) is 2.78. The first-order chi connectivity index (χ1) is 15.9. The van der Waals surface area contributed by atoms with Crippen LogP contribution in [0.25, 0.3) is 11.3 Å². The molecule has 4 rings (SSSR count). The maximum atomic E-state index is 14.5. The number of benzene rings is 1. The molecule has 0 amide bonds. The third kappa shape index (κ3) is 5.03. The molecule has 6 nitrogen and oxygen atoms in total. The quantitative estimate of drug-likeness (QED) is 0.573. The summed E-state index contributed by atoms with van der Waals surface area (Å²) in [6.07, 6.45) is 4.40. The normalized spacial score (nSPS) is 18.3. The van der Waals surface area contributed by atoms with E-state index in [2.05, 4.69) is 27.1 Å². The highest BCUT2D eigenvalue weighted by Crippen LogP contribution is 2.32. The number of nitrogens with zero attached hydrogens (tertiary/aromatic N) is 3. The monoisotopic (exact) mass is 457 g/mol. The highest BCUT2D eigenvalue weighted by molar-refractivity contribution is 5.69. The summed E-state index contributed by atoms with van der Waals surface area (Å²) in [4.78, 5) is 10.6. The van der Waals surface area contributed by atoms with Crippen molar-refractivity contribution >= 4 is 11.4 Å². The van der Waals surface area contributed by atoms with Crippen LogP contribution in [0, 0.1) is 23.4 Å². The second kappa shape index (κ2) is 9.66. The minimum absolute atomic E-state index is 0.00263. The molecule has 0 saturated carbocycles. The molecule has 0 radical (unpaired) electrons. The molecule has 1 fully saturated rings. The third-order valence-electron chi connectivity index (χ3n) is 5.68. The molecule has 1 aliphatic heterocycles. The van der Waals surface area contributed by atoms with Crippen molar-refractivity contribution in [3.8, 4) is 17.0 Å². The van der Waals surface area contributed by atoms with Gasteiger partial charge in [0.25, 0.3) is 0 Å². The van der Waals surface area contributed by atoms with Crippen molar-refractivity contribution in [3.63, 3.8) is 0 Å². The zero-order valence-corrected chi connectivity index (χ0v) is 18.5. The summed E-state index contributed by atoms with van der Waals surface area (Å²) >= 11 is 0. The number of aromatic nitrogens is 2. The summed E-state index contributed by atoms with van der Waals surface area (Å²) in [6, 6.07) is 6.62. The zero-order chi connectivity index (χ0) is 23.5. The molecule has 0 spiro atoms. The number of nitrogens with one attached hydrogen (secondary N) is 1. The third-order valence-corrected chi connectivity index (χ3v) is 5.68. The minimum Gasteiger partial charge on any atom is -0.497 e. The Bertz CT molecular complexity index is 1110. The maximum Gasteiger partial charge on any atom is 0.149 e. The van der Waals surface area contributed by atoms with E-state index in [1.165, 1.54) is 13.2 Å². The van der Waals surface area contributed by atoms with Crippen LogP contribution in [0.1, 0.15) is 19.0 Å². The Kier molecular flexibility index (Phi) is 6.69. The van der Waals surface area contributed by atoms with Crippen LogP contribution in [-0.4, -0.2) is 36.2 Å². The Morgan fingerprint density at radius 3 is 2.58 bits per heavy atom. The van der Waals surface area contributed by atoms with Gasteiger partial charge in [0.2, 0.25) is 0 Å². The van der Waals surface area contributed by atoms with Crippen LogP contribution in [0.2, 0.25) is 0 Å². The van der Waals surface area contributed by atoms with Gasteiger partial charge in [0.15, 0.2) is 0 Å². The number of rotatable bonds is 6. The van der Waals surface area contributed by atoms with Crippen LogP contribution in [0.5, 0.6) is 5.75 Å². The first-order valence-electron chi connectivity index (χ1n) is 10.7. The van der Waals surface area contributed by atoms with E-state index in [-0.39, 0.29) is 18.3 Å². The molecular weight excluding hydrogens is 431 g/mol. The van der Waals surface area contributed by atoms with Crippen molar-refractivity contribution in [2.24, 2.45) is 11.7 Å². The van der Waals surface area contributed by atoms with Crippen molar-refractivity contribution < 1.29 is 17.9 Å². The second-order valence-electron chi connectivity index (χ2n) is 8.35. The Hall–Kier alpha value is -3.33. The predicted molar refractivity (Wildman–Crippen MR) is 122 cm³/mol. The lowest BCUT2D eigenvalue weighted by molar-refractivity contribution is 0.402. The number of anilines is 2. The molecule has 3 heterocycles. The molecule has 3 aromatic rings. The SMILES string of the molecule is COc1cc(F)c(-c2nc(CNc3cnccc3N3CC(C)CC(N)C3)ccc2F)c(F)c1. The van der Waals surface area contributed by atoms with E-state index >= 15 is 0 Å². The molecule has 0 aliphatic carbocycles. The van der Waals surface area contributed by atoms with Gasteiger partial charge in [0, 0.05) is 37.5 Å². The average molecular weight is 458 g/mol. The highest BCUT2D eigenvalue weighted by atomic mass is 19.1. The van der Waals surface area contributed by atoms with E-state index in [0.717, 1.165) is 49.1 Å². The van der Waals surface area contributed by atoms with Crippen LogP contribution in [0.3, 0.4) is 0 Å². The lowest BCUT2D eigenvalue weighted by Gasteiger charge is -2.37. The standard InChI is InChI=1S/C24H26F3N5O/c1-14-7-15(28)13-32(12-14)22-5-6-29-11-21(22)30-10-16-3-4-18(25)24(31-16)23-19(26)8-17(33-2)9-20(23)27/h3-6,8-9,11,14-15,30H,7,10,12-13,28H2,1-2H3. The number of methoxy groups -OCH3 is 1. The number of pyridine rings is 2. The van der Waals surface area contributed by atoms with E-state index in [0.29, 0.717) is 11.6 Å². The molecule has 2 aromatic heterocycles. The summed E-state index contributed by atoms with van der Waals surface area (Å²) < 4.78 is 48.3. The summed E-state index contributed by atoms with van der Waals surface area (Å²) in [5, 5.41) is 3.26. The maximum absolute atomic E-state index is 14.5. The molecule has 33 heavy (non-hydrogen) atoms. The van der Waals surface area contributed by atoms with E-state index in [9.17, 15) is 13.2 Å². The number of ether oxygens (including phenoxy) is 1. The van der Waals surface area contributed by atoms with E-state index < -0.39 is 28.7 Å². The molecule has 1 aromatic carbocycles. The van der Waals surface area contributed by atoms with Crippen LogP contribution < -0.4 is 20.7 Å². The van der Waals surface area contributed by atoms with Gasteiger partial charge in [-0.15, -0.1) is 0 Å². The van der Waals surface area contributed by atoms with Gasteiger partial charge in [-0.2, -0.15) is 0 Å². The van der Waals surface area contributed by atoms with E-state index in [1.54, 1.807) is 12.4 Å². The molecule has 3 N–H and O–H groups in total. The summed E-state index contributed by atoms with van der Waals surface area (Å²) in [5.41, 5.74) is 7.42. The first kappa shape index (κ1) is 22.8. The van der Waals surface area contributed by atoms with Crippen molar-refractivity contribution in [1.29, 1.82) is 0 Å². The molecular formula is C24H26F3N5O. The number of piperidine rings is 1. The number of hydrogen-bond donors (Lipinski definition) is 2. The summed E-state index contributed by atoms with van der Waals surface area (Å²) in [5.74, 6) is -2.25. The van der Waals surface area contributed by atoms with Gasteiger partial charge in [-0.3, -0.25) is 4.98 Å². The van der Waals surface area contributed by atoms with Gasteiger partial charge in [-0.1, -0.05) is 6.92 Å². The highest BCUT2D eigenvalue weighted by Gasteiger charge is 2.24. The van der Waals surface area contributed by atoms with Crippen LogP contribution in [-0.2, 0) is 6.54 Å². The van der Waals surface area contributed by atoms with Gasteiger partial charge in [-0.05, 0) is 30.5 Å². The smallest absolute Gasteiger partial charge is 0.149 e. The molecule has 0 bridgehead atoms. The number of hydrogen-bond acceptors (Lipinski definition) is 6. The summed E-state index contributed by atoms with van der Waals surface area (Å²) in [7, 11) is 1.30. The second-order valence-corrected chi connectivity index (χ2v) is 8.35. The van der Waals surface area contributed by atoms with E-state index in [4.69, 9.17) is 10.5 Å². The van der Waals surface area contributed by atoms with Crippen molar-refractivity contribution in [1.82, 2.24) is 9.97 Å². The minimum atomic E-state index is -0.950. The lowest BCUT2D eigenvalue weighted by atomic mass is 9.96. The predicted octanol–water partition coefficient (Wildman–Crippen LogP) is 4.36. The fourth-order valence-electron chi connectivity index (χ4n) is 4.23. The van der Waals surface area contributed by atoms with Crippen LogP contribution >= 0.6 is 0 Å². The van der Waals surface area contributed by atoms with Gasteiger partial charge in [0.1, 0.15) is 28.9 Å². The van der Waals surface area contributed by atoms with Gasteiger partial charge in [0.05, 0.1) is 42.5 Å². The fraction of sp³-hybridized carbons (Fsp3) is 0.333. The van der Waals surface area contributed by atoms with Gasteiger partial charge in [-0.25, -0.2) is 18.2 Å². The molecule has 2 unspecified atom stereocenters. The Labute approximate surface area is 190 Å². The largest absolute Gasteiger partial charge is 0.497 e. The molecule has 9 heteroatoms. The molecule has 1 saturated heterocycles. The molecule has 1 aliphatic rings. The lowest BCUT2D eigenvalue weighted by Crippen LogP contribution is -2.46. The van der Waals surface area contributed by atoms with Crippen molar-refractivity contribution in [2.75, 3.05) is 30.4 Å². The van der Waals surface area contributed by atoms with Gasteiger partial charge >= 0.3 is 0 Å². The molecule has 2 atom stereocenters. The first-order valence-corrected chi connectivity index (χ1v) is 10.7. The van der Waals surface area contributed by atoms with Crippen LogP contribution in [0.4, 0.5) is 24.5 Å². The van der Waals surface area contributed by atoms with Crippen LogP contribution in [0.15, 0.2) is 42.7 Å². The van der Waals surface area contributed by atoms with Gasteiger partial charge < -0.3 is 20.7 Å². The van der Waals surface area contributed by atoms with Crippen molar-refractivity contribution in [2.45, 2.75) is 25.9 Å². The fourth-order valence-corrected chi connectivity index (χ4v) is 4.23. The number of nitrogens with two attached hydrogens (primary N) is 1. The molecule has 174 valence electrons.